The number of esters is 2. The third-order valence-electron chi connectivity index (χ3n) is 2.28. The molecule has 1 aliphatic carbocycles. The van der Waals surface area contributed by atoms with Crippen LogP contribution < -0.4 is 4.74 Å². The Balaban J connectivity index is 1.92. The quantitative estimate of drug-likeness (QED) is 0.448. The van der Waals surface area contributed by atoms with E-state index in [0.717, 1.165) is 0 Å². The summed E-state index contributed by atoms with van der Waals surface area (Å²) in [5.41, 5.74) is 0. The van der Waals surface area contributed by atoms with E-state index >= 15 is 0 Å². The van der Waals surface area contributed by atoms with E-state index < -0.39 is 11.9 Å². The molecule has 18 heavy (non-hydrogen) atoms. The maximum atomic E-state index is 11.4. The molecule has 1 aromatic rings. The number of hydrogen-bond donors (Lipinski definition) is 0. The second-order valence-corrected chi connectivity index (χ2v) is 3.67. The summed E-state index contributed by atoms with van der Waals surface area (Å²) in [6, 6.07) is 8.19. The van der Waals surface area contributed by atoms with Crippen LogP contribution in [0, 0.1) is 0 Å². The first-order valence-electron chi connectivity index (χ1n) is 5.37. The standard InChI is InChI=1S/C13H10O5/c14-9-6-7-11(8-9)18-13(16)12(15)17-10-4-2-1-3-5-10/h1-5,8H,6-7H2. The van der Waals surface area contributed by atoms with Gasteiger partial charge in [-0.3, -0.25) is 4.79 Å². The van der Waals surface area contributed by atoms with Crippen LogP contribution in [0.5, 0.6) is 5.75 Å². The number of para-hydroxylation sites is 1. The number of allylic oxidation sites excluding steroid dienone is 2. The molecule has 1 aliphatic rings. The summed E-state index contributed by atoms with van der Waals surface area (Å²) in [5.74, 6) is -1.89. The van der Waals surface area contributed by atoms with Crippen molar-refractivity contribution in [3.63, 3.8) is 0 Å². The molecular weight excluding hydrogens is 236 g/mol. The van der Waals surface area contributed by atoms with E-state index in [2.05, 4.69) is 0 Å². The van der Waals surface area contributed by atoms with E-state index in [1.807, 2.05) is 0 Å². The summed E-state index contributed by atoms with van der Waals surface area (Å²) < 4.78 is 9.53. The molecule has 0 radical (unpaired) electrons. The fourth-order valence-electron chi connectivity index (χ4n) is 1.45. The second kappa shape index (κ2) is 5.27. The molecule has 0 aliphatic heterocycles. The highest BCUT2D eigenvalue weighted by Gasteiger charge is 2.23. The van der Waals surface area contributed by atoms with Gasteiger partial charge in [0.1, 0.15) is 11.5 Å². The zero-order valence-corrected chi connectivity index (χ0v) is 9.42. The van der Waals surface area contributed by atoms with Crippen LogP contribution >= 0.6 is 0 Å². The van der Waals surface area contributed by atoms with Crippen LogP contribution in [0.25, 0.3) is 0 Å². The van der Waals surface area contributed by atoms with Crippen molar-refractivity contribution in [3.05, 3.63) is 42.2 Å². The Kier molecular flexibility index (Phi) is 3.52. The lowest BCUT2D eigenvalue weighted by atomic mass is 10.3. The normalized spacial score (nSPS) is 14.0. The van der Waals surface area contributed by atoms with Crippen LogP contribution in [0.15, 0.2) is 42.2 Å². The lowest BCUT2D eigenvalue weighted by Crippen LogP contribution is -2.22. The third-order valence-corrected chi connectivity index (χ3v) is 2.28. The zero-order chi connectivity index (χ0) is 13.0. The maximum Gasteiger partial charge on any atom is 0.423 e. The Morgan fingerprint density at radius 1 is 0.944 bits per heavy atom. The smallest absolute Gasteiger partial charge is 0.422 e. The van der Waals surface area contributed by atoms with Gasteiger partial charge in [-0.1, -0.05) is 18.2 Å². The fraction of sp³-hybridized carbons (Fsp3) is 0.154. The minimum absolute atomic E-state index is 0.116. The van der Waals surface area contributed by atoms with E-state index in [1.54, 1.807) is 30.3 Å². The summed E-state index contributed by atoms with van der Waals surface area (Å²) in [4.78, 5) is 33.6. The second-order valence-electron chi connectivity index (χ2n) is 3.67. The summed E-state index contributed by atoms with van der Waals surface area (Å²) in [6.45, 7) is 0. The molecular formula is C13H10O5. The number of carbonyl (C=O) groups is 3. The number of carbonyl (C=O) groups excluding carboxylic acids is 3. The molecule has 5 nitrogen and oxygen atoms in total. The van der Waals surface area contributed by atoms with Crippen LogP contribution in [-0.2, 0) is 19.1 Å². The molecule has 0 unspecified atom stereocenters. The maximum absolute atomic E-state index is 11.4. The first kappa shape index (κ1) is 12.0. The molecule has 0 saturated carbocycles. The molecule has 92 valence electrons. The summed E-state index contributed by atoms with van der Waals surface area (Å²) in [7, 11) is 0. The minimum Gasteiger partial charge on any atom is -0.422 e. The van der Waals surface area contributed by atoms with E-state index in [0.29, 0.717) is 12.8 Å². The van der Waals surface area contributed by atoms with Crippen molar-refractivity contribution < 1.29 is 23.9 Å². The molecule has 0 heterocycles. The van der Waals surface area contributed by atoms with Gasteiger partial charge in [-0.15, -0.1) is 0 Å². The Hall–Kier alpha value is -2.43. The van der Waals surface area contributed by atoms with Crippen LogP contribution in [0.1, 0.15) is 12.8 Å². The highest BCUT2D eigenvalue weighted by Crippen LogP contribution is 2.16. The van der Waals surface area contributed by atoms with Gasteiger partial charge < -0.3 is 9.47 Å². The van der Waals surface area contributed by atoms with Crippen LogP contribution in [0.2, 0.25) is 0 Å². The fourth-order valence-corrected chi connectivity index (χ4v) is 1.45. The van der Waals surface area contributed by atoms with Crippen molar-refractivity contribution in [1.82, 2.24) is 0 Å². The molecule has 1 aromatic carbocycles. The van der Waals surface area contributed by atoms with E-state index in [9.17, 15) is 14.4 Å². The van der Waals surface area contributed by atoms with Crippen molar-refractivity contribution in [2.45, 2.75) is 12.8 Å². The van der Waals surface area contributed by atoms with Crippen LogP contribution in [0.3, 0.4) is 0 Å². The van der Waals surface area contributed by atoms with Crippen molar-refractivity contribution in [2.75, 3.05) is 0 Å². The van der Waals surface area contributed by atoms with Gasteiger partial charge in [0.2, 0.25) is 0 Å². The highest BCUT2D eigenvalue weighted by atomic mass is 16.6. The first-order valence-corrected chi connectivity index (χ1v) is 5.37. The molecule has 2 rings (SSSR count). The van der Waals surface area contributed by atoms with Crippen LogP contribution in [0.4, 0.5) is 0 Å². The Morgan fingerprint density at radius 3 is 2.22 bits per heavy atom. The number of ketones is 1. The Morgan fingerprint density at radius 2 is 1.61 bits per heavy atom. The predicted molar refractivity (Wildman–Crippen MR) is 60.5 cm³/mol. The molecule has 5 heteroatoms. The average Bonchev–Trinajstić information content (AvgIpc) is 2.76. The Bertz CT molecular complexity index is 515. The molecule has 0 saturated heterocycles. The third kappa shape index (κ3) is 3.04. The van der Waals surface area contributed by atoms with Crippen LogP contribution in [-0.4, -0.2) is 17.7 Å². The van der Waals surface area contributed by atoms with E-state index in [1.165, 1.54) is 6.08 Å². The predicted octanol–water partition coefficient (Wildman–Crippen LogP) is 1.38. The Labute approximate surface area is 103 Å². The van der Waals surface area contributed by atoms with Crippen molar-refractivity contribution in [1.29, 1.82) is 0 Å². The minimum atomic E-state index is -1.13. The van der Waals surface area contributed by atoms with Gasteiger partial charge in [0.25, 0.3) is 0 Å². The van der Waals surface area contributed by atoms with Crippen molar-refractivity contribution in [3.8, 4) is 5.75 Å². The van der Waals surface area contributed by atoms with Crippen molar-refractivity contribution >= 4 is 17.7 Å². The molecule has 0 spiro atoms. The summed E-state index contributed by atoms with van der Waals surface area (Å²) >= 11 is 0. The zero-order valence-electron chi connectivity index (χ0n) is 9.42. The van der Waals surface area contributed by atoms with E-state index in [-0.39, 0.29) is 17.3 Å². The number of hydrogen-bond acceptors (Lipinski definition) is 5. The molecule has 0 atom stereocenters. The molecule has 0 aromatic heterocycles. The summed E-state index contributed by atoms with van der Waals surface area (Å²) in [5, 5.41) is 0. The van der Waals surface area contributed by atoms with Gasteiger partial charge in [0, 0.05) is 18.9 Å². The SMILES string of the molecule is O=C1C=C(OC(=O)C(=O)Oc2ccccc2)CC1. The highest BCUT2D eigenvalue weighted by molar-refractivity contribution is 6.30. The van der Waals surface area contributed by atoms with Gasteiger partial charge >= 0.3 is 11.9 Å². The molecule has 0 N–H and O–H groups in total. The van der Waals surface area contributed by atoms with Gasteiger partial charge in [0.15, 0.2) is 5.78 Å². The largest absolute Gasteiger partial charge is 0.423 e. The van der Waals surface area contributed by atoms with Gasteiger partial charge in [-0.25, -0.2) is 9.59 Å². The first-order chi connectivity index (χ1) is 8.65. The molecule has 0 bridgehead atoms. The lowest BCUT2D eigenvalue weighted by molar-refractivity contribution is -0.159. The number of benzene rings is 1. The van der Waals surface area contributed by atoms with E-state index in [4.69, 9.17) is 9.47 Å². The monoisotopic (exact) mass is 246 g/mol. The number of rotatable bonds is 2. The van der Waals surface area contributed by atoms with Gasteiger partial charge in [-0.2, -0.15) is 0 Å². The number of ether oxygens (including phenoxy) is 2. The topological polar surface area (TPSA) is 69.7 Å². The molecule has 0 fully saturated rings. The lowest BCUT2D eigenvalue weighted by Gasteiger charge is -2.04. The average molecular weight is 246 g/mol. The van der Waals surface area contributed by atoms with Crippen molar-refractivity contribution in [2.24, 2.45) is 0 Å². The van der Waals surface area contributed by atoms with Gasteiger partial charge in [0.05, 0.1) is 0 Å². The summed E-state index contributed by atoms with van der Waals surface area (Å²) in [6.07, 6.45) is 1.85. The molecule has 0 amide bonds. The van der Waals surface area contributed by atoms with Gasteiger partial charge in [-0.05, 0) is 12.1 Å².